The summed E-state index contributed by atoms with van der Waals surface area (Å²) in [7, 11) is 2.11. The van der Waals surface area contributed by atoms with Crippen LogP contribution in [0.3, 0.4) is 0 Å². The monoisotopic (exact) mass is 442 g/mol. The minimum Gasteiger partial charge on any atom is -0.341 e. The molecule has 2 aromatic carbocycles. The maximum atomic E-state index is 11.2. The van der Waals surface area contributed by atoms with Crippen molar-refractivity contribution in [3.8, 4) is 11.8 Å². The summed E-state index contributed by atoms with van der Waals surface area (Å²) in [6.45, 7) is 7.28. The van der Waals surface area contributed by atoms with Gasteiger partial charge in [0.1, 0.15) is 11.6 Å². The number of carbonyl (C=O) groups excluding carboxylic acids is 1. The summed E-state index contributed by atoms with van der Waals surface area (Å²) in [5.41, 5.74) is 5.60. The number of H-pyrrole nitrogens is 2. The lowest BCUT2D eigenvalue weighted by Gasteiger charge is -2.13. The van der Waals surface area contributed by atoms with E-state index in [9.17, 15) is 4.79 Å². The first-order valence-electron chi connectivity index (χ1n) is 11.4. The van der Waals surface area contributed by atoms with Crippen LogP contribution in [0.15, 0.2) is 36.4 Å². The standard InChI is InChI=1S/C26H30N6O/c1-4-12-31(3)16-25-27-21-10-8-19(14-23(21)29-25)6-7-20-9-11-22-24(15-20)30-26(28-22)17-32(18-33)13-5-2/h8-11,14-15,18H,4-5,12-13,16-17H2,1-3H3,(H,27,29)(H,28,30). The molecule has 0 aliphatic rings. The maximum absolute atomic E-state index is 11.2. The van der Waals surface area contributed by atoms with E-state index in [1.54, 1.807) is 4.90 Å². The average molecular weight is 443 g/mol. The fourth-order valence-electron chi connectivity index (χ4n) is 3.94. The molecular weight excluding hydrogens is 412 g/mol. The summed E-state index contributed by atoms with van der Waals surface area (Å²) in [6, 6.07) is 12.0. The second kappa shape index (κ2) is 10.3. The zero-order valence-electron chi connectivity index (χ0n) is 19.5. The van der Waals surface area contributed by atoms with Gasteiger partial charge < -0.3 is 14.9 Å². The molecule has 4 aromatic rings. The molecule has 2 aromatic heterocycles. The molecule has 4 rings (SSSR count). The zero-order chi connectivity index (χ0) is 23.2. The molecule has 0 bridgehead atoms. The van der Waals surface area contributed by atoms with E-state index in [1.165, 1.54) is 0 Å². The molecule has 0 radical (unpaired) electrons. The van der Waals surface area contributed by atoms with Gasteiger partial charge in [-0.05, 0) is 62.8 Å². The number of rotatable bonds is 9. The van der Waals surface area contributed by atoms with Gasteiger partial charge in [-0.2, -0.15) is 0 Å². The second-order valence-corrected chi connectivity index (χ2v) is 8.39. The number of hydrogen-bond acceptors (Lipinski definition) is 4. The Morgan fingerprint density at radius 2 is 1.39 bits per heavy atom. The summed E-state index contributed by atoms with van der Waals surface area (Å²) in [5.74, 6) is 8.25. The summed E-state index contributed by atoms with van der Waals surface area (Å²) in [6.07, 6.45) is 2.91. The third-order valence-electron chi connectivity index (χ3n) is 5.45. The topological polar surface area (TPSA) is 80.9 Å². The van der Waals surface area contributed by atoms with Crippen molar-refractivity contribution in [1.82, 2.24) is 29.7 Å². The van der Waals surface area contributed by atoms with Gasteiger partial charge in [0.15, 0.2) is 0 Å². The Morgan fingerprint density at radius 1 is 0.848 bits per heavy atom. The van der Waals surface area contributed by atoms with E-state index in [-0.39, 0.29) is 0 Å². The first-order chi connectivity index (χ1) is 16.1. The molecule has 0 unspecified atom stereocenters. The number of aromatic amines is 2. The van der Waals surface area contributed by atoms with Gasteiger partial charge in [-0.25, -0.2) is 9.97 Å². The lowest BCUT2D eigenvalue weighted by molar-refractivity contribution is -0.118. The molecule has 2 N–H and O–H groups in total. The molecule has 1 amide bonds. The highest BCUT2D eigenvalue weighted by Crippen LogP contribution is 2.16. The van der Waals surface area contributed by atoms with Crippen LogP contribution in [-0.2, 0) is 17.9 Å². The zero-order valence-corrected chi connectivity index (χ0v) is 19.5. The summed E-state index contributed by atoms with van der Waals surface area (Å²) < 4.78 is 0. The molecule has 0 aliphatic heterocycles. The van der Waals surface area contributed by atoms with E-state index in [0.717, 1.165) is 83.7 Å². The number of amides is 1. The van der Waals surface area contributed by atoms with Crippen molar-refractivity contribution in [2.75, 3.05) is 20.1 Å². The second-order valence-electron chi connectivity index (χ2n) is 8.39. The molecule has 7 heteroatoms. The van der Waals surface area contributed by atoms with Crippen LogP contribution < -0.4 is 0 Å². The van der Waals surface area contributed by atoms with Crippen LogP contribution in [0.1, 0.15) is 49.5 Å². The fraction of sp³-hybridized carbons (Fsp3) is 0.346. The lowest BCUT2D eigenvalue weighted by atomic mass is 10.1. The number of benzene rings is 2. The van der Waals surface area contributed by atoms with E-state index < -0.39 is 0 Å². The van der Waals surface area contributed by atoms with Gasteiger partial charge >= 0.3 is 0 Å². The van der Waals surface area contributed by atoms with Gasteiger partial charge in [0.25, 0.3) is 0 Å². The number of aromatic nitrogens is 4. The Labute approximate surface area is 194 Å². The van der Waals surface area contributed by atoms with Crippen LogP contribution >= 0.6 is 0 Å². The van der Waals surface area contributed by atoms with E-state index in [2.05, 4.69) is 57.6 Å². The molecule has 0 fully saturated rings. The Balaban J connectivity index is 1.50. The highest BCUT2D eigenvalue weighted by Gasteiger charge is 2.08. The molecule has 170 valence electrons. The van der Waals surface area contributed by atoms with Gasteiger partial charge in [0.05, 0.1) is 35.2 Å². The van der Waals surface area contributed by atoms with Gasteiger partial charge in [-0.3, -0.25) is 9.69 Å². The molecule has 0 atom stereocenters. The first kappa shape index (κ1) is 22.6. The van der Waals surface area contributed by atoms with E-state index in [1.807, 2.05) is 36.4 Å². The van der Waals surface area contributed by atoms with Gasteiger partial charge in [0.2, 0.25) is 6.41 Å². The minimum atomic E-state index is 0.480. The molecule has 0 saturated carbocycles. The van der Waals surface area contributed by atoms with Crippen LogP contribution in [0.5, 0.6) is 0 Å². The predicted octanol–water partition coefficient (Wildman–Crippen LogP) is 4.05. The summed E-state index contributed by atoms with van der Waals surface area (Å²) in [4.78, 5) is 31.2. The third-order valence-corrected chi connectivity index (χ3v) is 5.45. The number of imidazole rings is 2. The molecule has 7 nitrogen and oxygen atoms in total. The van der Waals surface area contributed by atoms with E-state index in [4.69, 9.17) is 0 Å². The summed E-state index contributed by atoms with van der Waals surface area (Å²) >= 11 is 0. The van der Waals surface area contributed by atoms with Gasteiger partial charge in [-0.15, -0.1) is 0 Å². The predicted molar refractivity (Wildman–Crippen MR) is 132 cm³/mol. The smallest absolute Gasteiger partial charge is 0.210 e. The number of nitrogens with zero attached hydrogens (tertiary/aromatic N) is 4. The first-order valence-corrected chi connectivity index (χ1v) is 11.4. The SMILES string of the molecule is CCCN(C)Cc1nc2ccc(C#Cc3ccc4nc(CN(C=O)CCC)[nH]c4c3)cc2[nH]1. The molecule has 0 spiro atoms. The molecule has 0 aliphatic carbocycles. The Kier molecular flexibility index (Phi) is 7.06. The quantitative estimate of drug-likeness (QED) is 0.303. The normalized spacial score (nSPS) is 11.2. The van der Waals surface area contributed by atoms with Crippen LogP contribution in [0, 0.1) is 11.8 Å². The van der Waals surface area contributed by atoms with E-state index in [0.29, 0.717) is 6.54 Å². The third kappa shape index (κ3) is 5.60. The Bertz CT molecular complexity index is 1310. The van der Waals surface area contributed by atoms with Gasteiger partial charge in [0, 0.05) is 17.7 Å². The number of carbonyl (C=O) groups is 1. The Hall–Kier alpha value is -3.63. The molecule has 33 heavy (non-hydrogen) atoms. The van der Waals surface area contributed by atoms with E-state index >= 15 is 0 Å². The van der Waals surface area contributed by atoms with Crippen molar-refractivity contribution in [3.63, 3.8) is 0 Å². The summed E-state index contributed by atoms with van der Waals surface area (Å²) in [5, 5.41) is 0. The lowest BCUT2D eigenvalue weighted by Crippen LogP contribution is -2.22. The minimum absolute atomic E-state index is 0.480. The largest absolute Gasteiger partial charge is 0.341 e. The molecule has 0 saturated heterocycles. The maximum Gasteiger partial charge on any atom is 0.210 e. The van der Waals surface area contributed by atoms with Crippen molar-refractivity contribution in [3.05, 3.63) is 59.2 Å². The van der Waals surface area contributed by atoms with Crippen molar-refractivity contribution >= 4 is 28.5 Å². The van der Waals surface area contributed by atoms with Crippen LogP contribution in [0.2, 0.25) is 0 Å². The number of hydrogen-bond donors (Lipinski definition) is 2. The average Bonchev–Trinajstić information content (AvgIpc) is 3.39. The highest BCUT2D eigenvalue weighted by molar-refractivity contribution is 5.78. The highest BCUT2D eigenvalue weighted by atomic mass is 16.1. The molecule has 2 heterocycles. The van der Waals surface area contributed by atoms with Crippen molar-refractivity contribution < 1.29 is 4.79 Å². The van der Waals surface area contributed by atoms with Crippen molar-refractivity contribution in [2.24, 2.45) is 0 Å². The van der Waals surface area contributed by atoms with Crippen molar-refractivity contribution in [1.29, 1.82) is 0 Å². The Morgan fingerprint density at radius 3 is 1.91 bits per heavy atom. The molecular formula is C26H30N6O. The van der Waals surface area contributed by atoms with Crippen molar-refractivity contribution in [2.45, 2.75) is 39.8 Å². The van der Waals surface area contributed by atoms with Crippen LogP contribution in [0.4, 0.5) is 0 Å². The fourth-order valence-corrected chi connectivity index (χ4v) is 3.94. The van der Waals surface area contributed by atoms with Crippen LogP contribution in [-0.4, -0.2) is 56.3 Å². The van der Waals surface area contributed by atoms with Crippen LogP contribution in [0.25, 0.3) is 22.1 Å². The van der Waals surface area contributed by atoms with Gasteiger partial charge in [-0.1, -0.05) is 25.7 Å². The number of fused-ring (bicyclic) bond motifs is 2. The number of nitrogens with one attached hydrogen (secondary N) is 2.